The second-order valence-corrected chi connectivity index (χ2v) is 8.04. The van der Waals surface area contributed by atoms with Crippen LogP contribution < -0.4 is 9.47 Å². The number of dihydropyridines is 1. The Bertz CT molecular complexity index is 1190. The molecule has 0 aromatic heterocycles. The molecule has 0 N–H and O–H groups in total. The summed E-state index contributed by atoms with van der Waals surface area (Å²) in [6.07, 6.45) is 9.18. The lowest BCUT2D eigenvalue weighted by Gasteiger charge is -2.31. The number of ether oxygens (including phenoxy) is 2. The lowest BCUT2D eigenvalue weighted by Crippen LogP contribution is -2.29. The highest BCUT2D eigenvalue weighted by molar-refractivity contribution is 6.33. The van der Waals surface area contributed by atoms with Crippen molar-refractivity contribution in [1.29, 1.82) is 0 Å². The van der Waals surface area contributed by atoms with Crippen LogP contribution in [0.4, 0.5) is 0 Å². The van der Waals surface area contributed by atoms with E-state index in [0.717, 1.165) is 22.4 Å². The molecular formula is C27H24ClNO3. The standard InChI is InChI=1S/C27H24ClNO3/c1-17-26(24(30)14-10-18-9-12-21(31-2)16-25(18)32-3)27(19-7-5-4-6-8-19)22-15-20(28)11-13-23(22)29-17/h4-16,22-23H,1-3H3/b14-10+/t22-,23+/m1/s1. The van der Waals surface area contributed by atoms with Crippen molar-refractivity contribution in [1.82, 2.24) is 0 Å². The molecule has 0 unspecified atom stereocenters. The van der Waals surface area contributed by atoms with Crippen LogP contribution in [0.1, 0.15) is 18.1 Å². The van der Waals surface area contributed by atoms with E-state index in [-0.39, 0.29) is 17.7 Å². The lowest BCUT2D eigenvalue weighted by atomic mass is 9.77. The molecule has 1 heterocycles. The summed E-state index contributed by atoms with van der Waals surface area (Å²) in [5.41, 5.74) is 4.05. The molecule has 2 aromatic carbocycles. The predicted molar refractivity (Wildman–Crippen MR) is 130 cm³/mol. The van der Waals surface area contributed by atoms with Crippen LogP contribution in [-0.2, 0) is 4.79 Å². The minimum absolute atomic E-state index is 0.0742. The maximum absolute atomic E-state index is 13.5. The molecule has 2 atom stereocenters. The number of halogens is 1. The van der Waals surface area contributed by atoms with Gasteiger partial charge in [-0.3, -0.25) is 9.79 Å². The third-order valence-corrected chi connectivity index (χ3v) is 5.90. The highest BCUT2D eigenvalue weighted by Crippen LogP contribution is 2.40. The number of benzene rings is 2. The minimum Gasteiger partial charge on any atom is -0.497 e. The average molecular weight is 446 g/mol. The van der Waals surface area contributed by atoms with Crippen molar-refractivity contribution in [2.45, 2.75) is 13.0 Å². The van der Waals surface area contributed by atoms with E-state index >= 15 is 0 Å². The summed E-state index contributed by atoms with van der Waals surface area (Å²) in [6, 6.07) is 15.4. The van der Waals surface area contributed by atoms with E-state index in [0.29, 0.717) is 22.1 Å². The van der Waals surface area contributed by atoms with Crippen LogP contribution in [0.5, 0.6) is 11.5 Å². The maximum Gasteiger partial charge on any atom is 0.187 e. The Morgan fingerprint density at radius 3 is 2.59 bits per heavy atom. The van der Waals surface area contributed by atoms with E-state index in [1.54, 1.807) is 32.4 Å². The van der Waals surface area contributed by atoms with Gasteiger partial charge in [0.15, 0.2) is 5.78 Å². The summed E-state index contributed by atoms with van der Waals surface area (Å²) in [7, 11) is 3.19. The zero-order chi connectivity index (χ0) is 22.7. The van der Waals surface area contributed by atoms with E-state index in [1.807, 2.05) is 67.6 Å². The molecule has 1 aliphatic heterocycles. The molecule has 1 aliphatic carbocycles. The summed E-state index contributed by atoms with van der Waals surface area (Å²) >= 11 is 6.33. The third kappa shape index (κ3) is 4.32. The summed E-state index contributed by atoms with van der Waals surface area (Å²) in [4.78, 5) is 18.3. The molecule has 4 nitrogen and oxygen atoms in total. The molecular weight excluding hydrogens is 422 g/mol. The van der Waals surface area contributed by atoms with E-state index in [2.05, 4.69) is 0 Å². The van der Waals surface area contributed by atoms with E-state index in [4.69, 9.17) is 26.1 Å². The molecule has 162 valence electrons. The number of carbonyl (C=O) groups excluding carboxylic acids is 1. The van der Waals surface area contributed by atoms with E-state index in [1.165, 1.54) is 0 Å². The molecule has 0 bridgehead atoms. The first-order valence-electron chi connectivity index (χ1n) is 10.4. The molecule has 5 heteroatoms. The third-order valence-electron chi connectivity index (χ3n) is 5.65. The Morgan fingerprint density at radius 2 is 1.88 bits per heavy atom. The number of fused-ring (bicyclic) bond motifs is 1. The zero-order valence-electron chi connectivity index (χ0n) is 18.2. The first-order valence-corrected chi connectivity index (χ1v) is 10.7. The number of ketones is 1. The Balaban J connectivity index is 1.78. The fourth-order valence-corrected chi connectivity index (χ4v) is 4.34. The van der Waals surface area contributed by atoms with Gasteiger partial charge in [0, 0.05) is 33.9 Å². The maximum atomic E-state index is 13.5. The molecule has 0 saturated carbocycles. The normalized spacial score (nSPS) is 20.0. The lowest BCUT2D eigenvalue weighted by molar-refractivity contribution is -0.110. The fourth-order valence-electron chi connectivity index (χ4n) is 4.13. The van der Waals surface area contributed by atoms with Crippen LogP contribution in [0.25, 0.3) is 11.6 Å². The number of aliphatic imine (C=N–C) groups is 1. The molecule has 0 spiro atoms. The number of nitrogens with zero attached hydrogens (tertiary/aromatic N) is 1. The number of hydrogen-bond donors (Lipinski definition) is 0. The number of allylic oxidation sites excluding steroid dienone is 4. The molecule has 0 amide bonds. The number of methoxy groups -OCH3 is 2. The monoisotopic (exact) mass is 445 g/mol. The van der Waals surface area contributed by atoms with Gasteiger partial charge in [0.1, 0.15) is 11.5 Å². The van der Waals surface area contributed by atoms with E-state index in [9.17, 15) is 4.79 Å². The van der Waals surface area contributed by atoms with Gasteiger partial charge in [-0.2, -0.15) is 0 Å². The van der Waals surface area contributed by atoms with Gasteiger partial charge in [-0.25, -0.2) is 0 Å². The van der Waals surface area contributed by atoms with Crippen LogP contribution in [0.15, 0.2) is 88.4 Å². The van der Waals surface area contributed by atoms with Crippen molar-refractivity contribution in [2.24, 2.45) is 10.9 Å². The first-order chi connectivity index (χ1) is 15.5. The summed E-state index contributed by atoms with van der Waals surface area (Å²) < 4.78 is 10.7. The molecule has 2 aromatic rings. The Morgan fingerprint density at radius 1 is 1.09 bits per heavy atom. The van der Waals surface area contributed by atoms with Crippen molar-refractivity contribution in [3.8, 4) is 11.5 Å². The van der Waals surface area contributed by atoms with Gasteiger partial charge in [0.25, 0.3) is 0 Å². The number of carbonyl (C=O) groups is 1. The van der Waals surface area contributed by atoms with Crippen LogP contribution in [-0.4, -0.2) is 31.8 Å². The Hall–Kier alpha value is -3.37. The smallest absolute Gasteiger partial charge is 0.187 e. The highest BCUT2D eigenvalue weighted by Gasteiger charge is 2.33. The topological polar surface area (TPSA) is 47.9 Å². The number of hydrogen-bond acceptors (Lipinski definition) is 4. The molecule has 32 heavy (non-hydrogen) atoms. The van der Waals surface area contributed by atoms with Crippen molar-refractivity contribution >= 4 is 34.7 Å². The van der Waals surface area contributed by atoms with Crippen LogP contribution in [0.2, 0.25) is 0 Å². The quantitative estimate of drug-likeness (QED) is 0.521. The molecule has 0 fully saturated rings. The molecule has 2 aliphatic rings. The van der Waals surface area contributed by atoms with Crippen LogP contribution in [0.3, 0.4) is 0 Å². The van der Waals surface area contributed by atoms with Gasteiger partial charge in [0.05, 0.1) is 20.3 Å². The van der Waals surface area contributed by atoms with Gasteiger partial charge < -0.3 is 9.47 Å². The van der Waals surface area contributed by atoms with Crippen molar-refractivity contribution in [3.05, 3.63) is 94.6 Å². The summed E-state index contributed by atoms with van der Waals surface area (Å²) in [5.74, 6) is 1.11. The first kappa shape index (κ1) is 21.8. The van der Waals surface area contributed by atoms with Crippen molar-refractivity contribution in [2.75, 3.05) is 14.2 Å². The Labute approximate surface area is 193 Å². The van der Waals surface area contributed by atoms with Gasteiger partial charge in [-0.1, -0.05) is 54.1 Å². The van der Waals surface area contributed by atoms with E-state index < -0.39 is 0 Å². The van der Waals surface area contributed by atoms with Gasteiger partial charge >= 0.3 is 0 Å². The van der Waals surface area contributed by atoms with Crippen molar-refractivity contribution in [3.63, 3.8) is 0 Å². The second-order valence-electron chi connectivity index (χ2n) is 7.60. The predicted octanol–water partition coefficient (Wildman–Crippen LogP) is 5.89. The van der Waals surface area contributed by atoms with Crippen molar-refractivity contribution < 1.29 is 14.3 Å². The average Bonchev–Trinajstić information content (AvgIpc) is 2.82. The van der Waals surface area contributed by atoms with Crippen LogP contribution in [0, 0.1) is 5.92 Å². The largest absolute Gasteiger partial charge is 0.497 e. The molecule has 4 rings (SSSR count). The minimum atomic E-state index is -0.111. The zero-order valence-corrected chi connectivity index (χ0v) is 19.0. The summed E-state index contributed by atoms with van der Waals surface area (Å²) in [6.45, 7) is 1.89. The second kappa shape index (κ2) is 9.41. The van der Waals surface area contributed by atoms with Gasteiger partial charge in [0.2, 0.25) is 0 Å². The summed E-state index contributed by atoms with van der Waals surface area (Å²) in [5, 5.41) is 0.653. The van der Waals surface area contributed by atoms with Crippen LogP contribution >= 0.6 is 11.6 Å². The highest BCUT2D eigenvalue weighted by atomic mass is 35.5. The molecule has 0 radical (unpaired) electrons. The van der Waals surface area contributed by atoms with Gasteiger partial charge in [-0.15, -0.1) is 0 Å². The number of rotatable bonds is 6. The fraction of sp³-hybridized carbons (Fsp3) is 0.185. The van der Waals surface area contributed by atoms with Gasteiger partial charge in [-0.05, 0) is 48.4 Å². The molecule has 0 saturated heterocycles. The SMILES string of the molecule is COc1ccc(/C=C/C(=O)C2=C(c3ccccc3)[C@@H]3C=C(Cl)C=C[C@@H]3N=C2C)c(OC)c1. The Kier molecular flexibility index (Phi) is 6.42.